The molecule has 0 aliphatic heterocycles. The van der Waals surface area contributed by atoms with Crippen LogP contribution in [0, 0.1) is 0 Å². The molecule has 0 saturated heterocycles. The van der Waals surface area contributed by atoms with E-state index in [1.165, 1.54) is 0 Å². The molecule has 0 spiro atoms. The van der Waals surface area contributed by atoms with Crippen molar-refractivity contribution in [3.8, 4) is 11.5 Å². The van der Waals surface area contributed by atoms with Gasteiger partial charge in [0, 0.05) is 17.3 Å². The van der Waals surface area contributed by atoms with Crippen molar-refractivity contribution >= 4 is 22.6 Å². The quantitative estimate of drug-likeness (QED) is 0.619. The van der Waals surface area contributed by atoms with Crippen LogP contribution in [0.25, 0.3) is 22.7 Å². The van der Waals surface area contributed by atoms with Crippen molar-refractivity contribution in [1.82, 2.24) is 9.97 Å². The summed E-state index contributed by atoms with van der Waals surface area (Å²) in [4.78, 5) is 8.36. The second kappa shape index (κ2) is 3.48. The zero-order valence-electron chi connectivity index (χ0n) is 8.92. The maximum Gasteiger partial charge on any atom is 0.228 e. The first-order chi connectivity index (χ1) is 8.22. The predicted octanol–water partition coefficient (Wildman–Crippen LogP) is 2.05. The zero-order chi connectivity index (χ0) is 11.8. The Labute approximate surface area is 97.1 Å². The maximum absolute atomic E-state index is 5.71. The summed E-state index contributed by atoms with van der Waals surface area (Å²) in [7, 11) is 0. The molecule has 0 saturated carbocycles. The average molecular weight is 226 g/mol. The van der Waals surface area contributed by atoms with Crippen LogP contribution in [0.15, 0.2) is 40.9 Å². The number of hydrogen-bond acceptors (Lipinski definition) is 5. The maximum atomic E-state index is 5.71. The minimum atomic E-state index is 0.491. The third-order valence-corrected chi connectivity index (χ3v) is 2.40. The summed E-state index contributed by atoms with van der Waals surface area (Å²) in [6.07, 6.45) is 1.55. The molecule has 1 aromatic carbocycles. The molecule has 0 aliphatic carbocycles. The Morgan fingerprint density at radius 1 is 1.06 bits per heavy atom. The smallest absolute Gasteiger partial charge is 0.228 e. The van der Waals surface area contributed by atoms with Crippen LogP contribution in [0.5, 0.6) is 0 Å². The monoisotopic (exact) mass is 226 g/mol. The molecule has 2 heterocycles. The SMILES string of the molecule is Nc1cccc(-c2nc3ncc(N)cc3o2)c1. The van der Waals surface area contributed by atoms with E-state index in [1.807, 2.05) is 18.2 Å². The summed E-state index contributed by atoms with van der Waals surface area (Å²) in [6, 6.07) is 9.04. The van der Waals surface area contributed by atoms with Gasteiger partial charge in [-0.15, -0.1) is 0 Å². The van der Waals surface area contributed by atoms with Gasteiger partial charge >= 0.3 is 0 Å². The van der Waals surface area contributed by atoms with Crippen molar-refractivity contribution in [2.75, 3.05) is 11.5 Å². The van der Waals surface area contributed by atoms with E-state index < -0.39 is 0 Å². The van der Waals surface area contributed by atoms with Crippen LogP contribution in [0.3, 0.4) is 0 Å². The van der Waals surface area contributed by atoms with E-state index in [0.717, 1.165) is 5.56 Å². The fourth-order valence-electron chi connectivity index (χ4n) is 1.63. The summed E-state index contributed by atoms with van der Waals surface area (Å²) < 4.78 is 5.58. The molecule has 5 nitrogen and oxygen atoms in total. The largest absolute Gasteiger partial charge is 0.434 e. The van der Waals surface area contributed by atoms with Gasteiger partial charge in [-0.05, 0) is 18.2 Å². The van der Waals surface area contributed by atoms with Crippen molar-refractivity contribution in [3.05, 3.63) is 36.5 Å². The summed E-state index contributed by atoms with van der Waals surface area (Å²) in [5.41, 5.74) is 14.5. The molecule has 2 aromatic heterocycles. The number of nitrogen functional groups attached to an aromatic ring is 2. The Morgan fingerprint density at radius 3 is 2.76 bits per heavy atom. The molecule has 0 fully saturated rings. The Kier molecular flexibility index (Phi) is 1.98. The minimum absolute atomic E-state index is 0.491. The molecule has 5 heteroatoms. The van der Waals surface area contributed by atoms with Crippen LogP contribution in [0.1, 0.15) is 0 Å². The molecule has 0 amide bonds. The lowest BCUT2D eigenvalue weighted by Crippen LogP contribution is -1.85. The van der Waals surface area contributed by atoms with Gasteiger partial charge in [0.2, 0.25) is 5.89 Å². The summed E-state index contributed by atoms with van der Waals surface area (Å²) in [5.74, 6) is 0.491. The Bertz CT molecular complexity index is 690. The topological polar surface area (TPSA) is 91.0 Å². The van der Waals surface area contributed by atoms with E-state index in [9.17, 15) is 0 Å². The number of fused-ring (bicyclic) bond motifs is 1. The number of pyridine rings is 1. The molecule has 0 unspecified atom stereocenters. The lowest BCUT2D eigenvalue weighted by Gasteiger charge is -1.95. The van der Waals surface area contributed by atoms with Gasteiger partial charge in [-0.2, -0.15) is 4.98 Å². The molecule has 84 valence electrons. The molecule has 0 aliphatic rings. The summed E-state index contributed by atoms with van der Waals surface area (Å²) in [6.45, 7) is 0. The van der Waals surface area contributed by atoms with Crippen LogP contribution >= 0.6 is 0 Å². The second-order valence-corrected chi connectivity index (χ2v) is 3.73. The zero-order valence-corrected chi connectivity index (χ0v) is 8.92. The molecule has 0 atom stereocenters. The standard InChI is InChI=1S/C12H10N4O/c13-8-3-1-2-7(4-8)12-16-11-10(17-12)5-9(14)6-15-11/h1-6H,13-14H2. The Hall–Kier alpha value is -2.56. The van der Waals surface area contributed by atoms with Crippen molar-refractivity contribution in [2.24, 2.45) is 0 Å². The number of anilines is 2. The highest BCUT2D eigenvalue weighted by atomic mass is 16.3. The van der Waals surface area contributed by atoms with Gasteiger partial charge in [-0.1, -0.05) is 6.07 Å². The predicted molar refractivity (Wildman–Crippen MR) is 66.1 cm³/mol. The molecule has 3 aromatic rings. The van der Waals surface area contributed by atoms with Crippen LogP contribution in [-0.4, -0.2) is 9.97 Å². The van der Waals surface area contributed by atoms with Crippen molar-refractivity contribution in [2.45, 2.75) is 0 Å². The Balaban J connectivity index is 2.18. The van der Waals surface area contributed by atoms with Gasteiger partial charge in [0.25, 0.3) is 0 Å². The Morgan fingerprint density at radius 2 is 1.94 bits per heavy atom. The fraction of sp³-hybridized carbons (Fsp3) is 0. The van der Waals surface area contributed by atoms with Crippen LogP contribution in [0.2, 0.25) is 0 Å². The van der Waals surface area contributed by atoms with E-state index in [0.29, 0.717) is 28.5 Å². The lowest BCUT2D eigenvalue weighted by atomic mass is 10.2. The highest BCUT2D eigenvalue weighted by Gasteiger charge is 2.09. The molecule has 3 rings (SSSR count). The minimum Gasteiger partial charge on any atom is -0.434 e. The molecule has 0 radical (unpaired) electrons. The van der Waals surface area contributed by atoms with Crippen LogP contribution in [-0.2, 0) is 0 Å². The van der Waals surface area contributed by atoms with E-state index in [-0.39, 0.29) is 0 Å². The molecule has 17 heavy (non-hydrogen) atoms. The van der Waals surface area contributed by atoms with Crippen molar-refractivity contribution in [1.29, 1.82) is 0 Å². The summed E-state index contributed by atoms with van der Waals surface area (Å²) in [5, 5.41) is 0. The number of hydrogen-bond donors (Lipinski definition) is 2. The normalized spacial score (nSPS) is 10.8. The average Bonchev–Trinajstić information content (AvgIpc) is 2.72. The molecule has 4 N–H and O–H groups in total. The van der Waals surface area contributed by atoms with E-state index >= 15 is 0 Å². The summed E-state index contributed by atoms with van der Waals surface area (Å²) >= 11 is 0. The molecular weight excluding hydrogens is 216 g/mol. The molecular formula is C12H10N4O. The number of nitrogens with zero attached hydrogens (tertiary/aromatic N) is 2. The number of aromatic nitrogens is 2. The first-order valence-electron chi connectivity index (χ1n) is 5.10. The van der Waals surface area contributed by atoms with Gasteiger partial charge in [-0.25, -0.2) is 4.98 Å². The number of rotatable bonds is 1. The third kappa shape index (κ3) is 1.67. The van der Waals surface area contributed by atoms with Gasteiger partial charge in [0.1, 0.15) is 0 Å². The van der Waals surface area contributed by atoms with Gasteiger partial charge in [0.05, 0.1) is 11.9 Å². The van der Waals surface area contributed by atoms with Gasteiger partial charge in [-0.3, -0.25) is 0 Å². The van der Waals surface area contributed by atoms with Crippen LogP contribution < -0.4 is 11.5 Å². The van der Waals surface area contributed by atoms with E-state index in [4.69, 9.17) is 15.9 Å². The third-order valence-electron chi connectivity index (χ3n) is 2.40. The lowest BCUT2D eigenvalue weighted by molar-refractivity contribution is 0.620. The molecule has 0 bridgehead atoms. The first-order valence-corrected chi connectivity index (χ1v) is 5.10. The number of benzene rings is 1. The van der Waals surface area contributed by atoms with Gasteiger partial charge in [0.15, 0.2) is 11.2 Å². The van der Waals surface area contributed by atoms with E-state index in [2.05, 4.69) is 9.97 Å². The first kappa shape index (κ1) is 9.65. The number of nitrogens with two attached hydrogens (primary N) is 2. The highest BCUT2D eigenvalue weighted by Crippen LogP contribution is 2.25. The van der Waals surface area contributed by atoms with Crippen LogP contribution in [0.4, 0.5) is 11.4 Å². The second-order valence-electron chi connectivity index (χ2n) is 3.73. The van der Waals surface area contributed by atoms with Crippen molar-refractivity contribution in [3.63, 3.8) is 0 Å². The van der Waals surface area contributed by atoms with Crippen molar-refractivity contribution < 1.29 is 4.42 Å². The number of oxazole rings is 1. The van der Waals surface area contributed by atoms with E-state index in [1.54, 1.807) is 18.3 Å². The highest BCUT2D eigenvalue weighted by molar-refractivity contribution is 5.75. The fourth-order valence-corrected chi connectivity index (χ4v) is 1.63. The van der Waals surface area contributed by atoms with Gasteiger partial charge < -0.3 is 15.9 Å².